The van der Waals surface area contributed by atoms with Crippen LogP contribution in [0.15, 0.2) is 48.5 Å². The SMILES string of the molecule is CC(Oc1cccc(Cl)c1)C(=O)Nc1ccccc1C(N)=O. The van der Waals surface area contributed by atoms with Crippen LogP contribution in [0.2, 0.25) is 5.02 Å². The molecule has 0 aliphatic rings. The molecule has 114 valence electrons. The molecule has 2 aromatic carbocycles. The molecule has 0 aromatic heterocycles. The third-order valence-electron chi connectivity index (χ3n) is 2.93. The summed E-state index contributed by atoms with van der Waals surface area (Å²) in [4.78, 5) is 23.5. The number of hydrogen-bond donors (Lipinski definition) is 2. The second-order valence-corrected chi connectivity index (χ2v) is 5.05. The summed E-state index contributed by atoms with van der Waals surface area (Å²) in [6.45, 7) is 1.60. The first-order chi connectivity index (χ1) is 10.5. The second kappa shape index (κ2) is 6.95. The number of para-hydroxylation sites is 1. The molecule has 2 amide bonds. The number of carbonyl (C=O) groups is 2. The normalized spacial score (nSPS) is 11.5. The van der Waals surface area contributed by atoms with Gasteiger partial charge in [-0.2, -0.15) is 0 Å². The van der Waals surface area contributed by atoms with E-state index < -0.39 is 17.9 Å². The lowest BCUT2D eigenvalue weighted by molar-refractivity contribution is -0.122. The molecule has 0 saturated heterocycles. The number of rotatable bonds is 5. The topological polar surface area (TPSA) is 81.4 Å². The van der Waals surface area contributed by atoms with Crippen LogP contribution in [0.5, 0.6) is 5.75 Å². The van der Waals surface area contributed by atoms with Gasteiger partial charge in [0, 0.05) is 5.02 Å². The Morgan fingerprint density at radius 1 is 1.18 bits per heavy atom. The van der Waals surface area contributed by atoms with Crippen LogP contribution in [0, 0.1) is 0 Å². The first-order valence-electron chi connectivity index (χ1n) is 6.59. The molecule has 0 heterocycles. The number of nitrogens with one attached hydrogen (secondary N) is 1. The van der Waals surface area contributed by atoms with Gasteiger partial charge in [-0.15, -0.1) is 0 Å². The first kappa shape index (κ1) is 15.9. The minimum atomic E-state index is -0.764. The molecule has 0 fully saturated rings. The third-order valence-corrected chi connectivity index (χ3v) is 3.16. The highest BCUT2D eigenvalue weighted by Gasteiger charge is 2.17. The van der Waals surface area contributed by atoms with Gasteiger partial charge in [0.15, 0.2) is 6.10 Å². The molecule has 0 spiro atoms. The fraction of sp³-hybridized carbons (Fsp3) is 0.125. The lowest BCUT2D eigenvalue weighted by Crippen LogP contribution is -2.31. The molecule has 1 atom stereocenters. The van der Waals surface area contributed by atoms with E-state index in [0.29, 0.717) is 16.5 Å². The Morgan fingerprint density at radius 2 is 1.91 bits per heavy atom. The van der Waals surface area contributed by atoms with E-state index in [0.717, 1.165) is 0 Å². The zero-order valence-corrected chi connectivity index (χ0v) is 12.6. The van der Waals surface area contributed by atoms with E-state index in [1.54, 1.807) is 55.5 Å². The maximum absolute atomic E-state index is 12.2. The Hall–Kier alpha value is -2.53. The van der Waals surface area contributed by atoms with Gasteiger partial charge < -0.3 is 15.8 Å². The Balaban J connectivity index is 2.07. The minimum Gasteiger partial charge on any atom is -0.481 e. The van der Waals surface area contributed by atoms with E-state index >= 15 is 0 Å². The highest BCUT2D eigenvalue weighted by molar-refractivity contribution is 6.30. The van der Waals surface area contributed by atoms with Crippen LogP contribution < -0.4 is 15.8 Å². The van der Waals surface area contributed by atoms with Gasteiger partial charge in [-0.05, 0) is 37.3 Å². The lowest BCUT2D eigenvalue weighted by atomic mass is 10.1. The number of benzene rings is 2. The summed E-state index contributed by atoms with van der Waals surface area (Å²) in [6, 6.07) is 13.3. The number of amides is 2. The molecule has 0 radical (unpaired) electrons. The maximum atomic E-state index is 12.2. The maximum Gasteiger partial charge on any atom is 0.265 e. The number of halogens is 1. The Bertz CT molecular complexity index is 703. The summed E-state index contributed by atoms with van der Waals surface area (Å²) in [6.07, 6.45) is -0.764. The van der Waals surface area contributed by atoms with E-state index in [-0.39, 0.29) is 5.56 Å². The Labute approximate surface area is 133 Å². The van der Waals surface area contributed by atoms with Gasteiger partial charge in [-0.25, -0.2) is 0 Å². The fourth-order valence-corrected chi connectivity index (χ4v) is 2.02. The number of nitrogens with two attached hydrogens (primary N) is 1. The van der Waals surface area contributed by atoms with Gasteiger partial charge in [0.1, 0.15) is 5.75 Å². The molecule has 0 saturated carbocycles. The summed E-state index contributed by atoms with van der Waals surface area (Å²) in [5.74, 6) is -0.522. The molecule has 5 nitrogen and oxygen atoms in total. The van der Waals surface area contributed by atoms with Crippen molar-refractivity contribution in [2.45, 2.75) is 13.0 Å². The van der Waals surface area contributed by atoms with Crippen molar-refractivity contribution in [3.63, 3.8) is 0 Å². The molecule has 1 unspecified atom stereocenters. The van der Waals surface area contributed by atoms with Gasteiger partial charge in [0.25, 0.3) is 11.8 Å². The number of hydrogen-bond acceptors (Lipinski definition) is 3. The van der Waals surface area contributed by atoms with Crippen LogP contribution in [-0.2, 0) is 4.79 Å². The smallest absolute Gasteiger partial charge is 0.265 e. The summed E-state index contributed by atoms with van der Waals surface area (Å²) < 4.78 is 5.52. The standard InChI is InChI=1S/C16H15ClN2O3/c1-10(22-12-6-4-5-11(17)9-12)16(21)19-14-8-3-2-7-13(14)15(18)20/h2-10H,1H3,(H2,18,20)(H,19,21). The molecule has 0 aliphatic heterocycles. The summed E-state index contributed by atoms with van der Waals surface area (Å²) >= 11 is 5.86. The monoisotopic (exact) mass is 318 g/mol. The van der Waals surface area contributed by atoms with Crippen molar-refractivity contribution in [3.05, 3.63) is 59.1 Å². The first-order valence-corrected chi connectivity index (χ1v) is 6.97. The number of ether oxygens (including phenoxy) is 1. The van der Waals surface area contributed by atoms with Crippen LogP contribution in [-0.4, -0.2) is 17.9 Å². The van der Waals surface area contributed by atoms with Crippen LogP contribution in [0.4, 0.5) is 5.69 Å². The van der Waals surface area contributed by atoms with E-state index in [4.69, 9.17) is 22.1 Å². The van der Waals surface area contributed by atoms with Crippen LogP contribution >= 0.6 is 11.6 Å². The Kier molecular flexibility index (Phi) is 5.01. The number of carbonyl (C=O) groups excluding carboxylic acids is 2. The molecule has 22 heavy (non-hydrogen) atoms. The molecule has 0 bridgehead atoms. The summed E-state index contributed by atoms with van der Waals surface area (Å²) in [5.41, 5.74) is 5.86. The molecular formula is C16H15ClN2O3. The molecule has 2 rings (SSSR count). The molecular weight excluding hydrogens is 304 g/mol. The third kappa shape index (κ3) is 3.99. The van der Waals surface area contributed by atoms with E-state index in [2.05, 4.69) is 5.32 Å². The van der Waals surface area contributed by atoms with Gasteiger partial charge in [-0.1, -0.05) is 29.8 Å². The zero-order valence-electron chi connectivity index (χ0n) is 11.9. The number of primary amides is 1. The van der Waals surface area contributed by atoms with Crippen molar-refractivity contribution in [2.24, 2.45) is 5.73 Å². The molecule has 6 heteroatoms. The van der Waals surface area contributed by atoms with Crippen molar-refractivity contribution in [1.82, 2.24) is 0 Å². The van der Waals surface area contributed by atoms with E-state index in [9.17, 15) is 9.59 Å². The highest BCUT2D eigenvalue weighted by Crippen LogP contribution is 2.19. The summed E-state index contributed by atoms with van der Waals surface area (Å²) in [7, 11) is 0. The van der Waals surface area contributed by atoms with Crippen LogP contribution in [0.1, 0.15) is 17.3 Å². The average molecular weight is 319 g/mol. The van der Waals surface area contributed by atoms with Crippen LogP contribution in [0.3, 0.4) is 0 Å². The number of anilines is 1. The van der Waals surface area contributed by atoms with E-state index in [1.165, 1.54) is 0 Å². The lowest BCUT2D eigenvalue weighted by Gasteiger charge is -2.16. The quantitative estimate of drug-likeness (QED) is 0.889. The average Bonchev–Trinajstić information content (AvgIpc) is 2.47. The van der Waals surface area contributed by atoms with Crippen molar-refractivity contribution >= 4 is 29.1 Å². The van der Waals surface area contributed by atoms with Gasteiger partial charge in [-0.3, -0.25) is 9.59 Å². The predicted octanol–water partition coefficient (Wildman–Crippen LogP) is 2.84. The predicted molar refractivity (Wildman–Crippen MR) is 85.1 cm³/mol. The summed E-state index contributed by atoms with van der Waals surface area (Å²) in [5, 5.41) is 3.15. The highest BCUT2D eigenvalue weighted by atomic mass is 35.5. The van der Waals surface area contributed by atoms with E-state index in [1.807, 2.05) is 0 Å². The zero-order chi connectivity index (χ0) is 16.1. The van der Waals surface area contributed by atoms with Gasteiger partial charge in [0.2, 0.25) is 0 Å². The van der Waals surface area contributed by atoms with Crippen LogP contribution in [0.25, 0.3) is 0 Å². The van der Waals surface area contributed by atoms with Gasteiger partial charge >= 0.3 is 0 Å². The largest absolute Gasteiger partial charge is 0.481 e. The molecule has 3 N–H and O–H groups in total. The van der Waals surface area contributed by atoms with Crippen molar-refractivity contribution < 1.29 is 14.3 Å². The fourth-order valence-electron chi connectivity index (χ4n) is 1.84. The second-order valence-electron chi connectivity index (χ2n) is 4.62. The Morgan fingerprint density at radius 3 is 2.59 bits per heavy atom. The molecule has 2 aromatic rings. The molecule has 0 aliphatic carbocycles. The van der Waals surface area contributed by atoms with Gasteiger partial charge in [0.05, 0.1) is 11.3 Å². The minimum absolute atomic E-state index is 0.241. The van der Waals surface area contributed by atoms with Crippen molar-refractivity contribution in [3.8, 4) is 5.75 Å². The van der Waals surface area contributed by atoms with Crippen molar-refractivity contribution in [1.29, 1.82) is 0 Å². The van der Waals surface area contributed by atoms with Crippen molar-refractivity contribution in [2.75, 3.05) is 5.32 Å².